The highest BCUT2D eigenvalue weighted by molar-refractivity contribution is 6.02. The van der Waals surface area contributed by atoms with Gasteiger partial charge in [-0.05, 0) is 27.7 Å². The Kier molecular flexibility index (Phi) is 3.53. The Hall–Kier alpha value is -1.58. The molecule has 2 fully saturated rings. The molecule has 0 aliphatic carbocycles. The number of imide groups is 1. The first-order chi connectivity index (χ1) is 9.24. The Morgan fingerprint density at radius 1 is 1.50 bits per heavy atom. The van der Waals surface area contributed by atoms with Crippen LogP contribution < -0.4 is 0 Å². The molecule has 2 aliphatic rings. The summed E-state index contributed by atoms with van der Waals surface area (Å²) < 4.78 is 10.4. The summed E-state index contributed by atoms with van der Waals surface area (Å²) in [5.41, 5.74) is -1.94. The third-order valence-electron chi connectivity index (χ3n) is 3.39. The lowest BCUT2D eigenvalue weighted by Crippen LogP contribution is -2.80. The smallest absolute Gasteiger partial charge is 0.418 e. The van der Waals surface area contributed by atoms with Gasteiger partial charge in [-0.15, -0.1) is 5.92 Å². The summed E-state index contributed by atoms with van der Waals surface area (Å²) in [6, 6.07) is 0. The molecule has 0 aromatic carbocycles. The fourth-order valence-corrected chi connectivity index (χ4v) is 2.60. The van der Waals surface area contributed by atoms with E-state index >= 15 is 0 Å². The van der Waals surface area contributed by atoms with Crippen molar-refractivity contribution in [3.05, 3.63) is 0 Å². The molecule has 0 saturated carbocycles. The van der Waals surface area contributed by atoms with Crippen molar-refractivity contribution in [3.8, 4) is 11.8 Å². The molecule has 6 heteroatoms. The van der Waals surface area contributed by atoms with Crippen molar-refractivity contribution in [3.63, 3.8) is 0 Å². The second-order valence-corrected chi connectivity index (χ2v) is 5.96. The molecular weight excluding hydrogens is 262 g/mol. The zero-order valence-electron chi connectivity index (χ0n) is 12.1. The predicted octanol–water partition coefficient (Wildman–Crippen LogP) is 0.533. The minimum atomic E-state index is -1.22. The quantitative estimate of drug-likeness (QED) is 0.518. The Labute approximate surface area is 118 Å². The fourth-order valence-electron chi connectivity index (χ4n) is 2.60. The molecule has 2 heterocycles. The van der Waals surface area contributed by atoms with E-state index in [-0.39, 0.29) is 13.2 Å². The van der Waals surface area contributed by atoms with Crippen LogP contribution in [0.5, 0.6) is 0 Å². The van der Waals surface area contributed by atoms with Crippen LogP contribution in [0.25, 0.3) is 0 Å². The van der Waals surface area contributed by atoms with E-state index in [0.717, 1.165) is 4.90 Å². The monoisotopic (exact) mass is 281 g/mol. The number of hydrogen-bond acceptors (Lipinski definition) is 5. The van der Waals surface area contributed by atoms with Gasteiger partial charge in [0.25, 0.3) is 0 Å². The average Bonchev–Trinajstić information content (AvgIpc) is 2.29. The molecule has 0 unspecified atom stereocenters. The van der Waals surface area contributed by atoms with Gasteiger partial charge in [0.05, 0.1) is 19.1 Å². The van der Waals surface area contributed by atoms with Crippen molar-refractivity contribution in [1.82, 2.24) is 4.90 Å². The van der Waals surface area contributed by atoms with Crippen molar-refractivity contribution >= 4 is 12.0 Å². The van der Waals surface area contributed by atoms with Crippen LogP contribution in [0.3, 0.4) is 0 Å². The minimum Gasteiger partial charge on any atom is -0.443 e. The molecule has 0 spiro atoms. The van der Waals surface area contributed by atoms with Gasteiger partial charge in [-0.1, -0.05) is 5.92 Å². The molecule has 0 radical (unpaired) electrons. The number of nitrogens with zero attached hydrogens (tertiary/aromatic N) is 1. The van der Waals surface area contributed by atoms with E-state index in [9.17, 15) is 14.7 Å². The van der Waals surface area contributed by atoms with Gasteiger partial charge in [0.2, 0.25) is 5.91 Å². The SMILES string of the molecule is CC#C[C@]12[C@H](O)COC[C@H]1C(=O)N2C(=O)OC(C)(C)C. The van der Waals surface area contributed by atoms with Crippen molar-refractivity contribution in [2.45, 2.75) is 44.9 Å². The summed E-state index contributed by atoms with van der Waals surface area (Å²) in [4.78, 5) is 25.2. The van der Waals surface area contributed by atoms with Crippen molar-refractivity contribution in [2.75, 3.05) is 13.2 Å². The largest absolute Gasteiger partial charge is 0.443 e. The lowest BCUT2D eigenvalue weighted by molar-refractivity contribution is -0.199. The number of ether oxygens (including phenoxy) is 2. The molecule has 3 atom stereocenters. The molecule has 110 valence electrons. The predicted molar refractivity (Wildman–Crippen MR) is 69.6 cm³/mol. The van der Waals surface area contributed by atoms with E-state index in [1.165, 1.54) is 0 Å². The maximum absolute atomic E-state index is 12.2. The van der Waals surface area contributed by atoms with E-state index in [2.05, 4.69) is 11.8 Å². The highest BCUT2D eigenvalue weighted by Crippen LogP contribution is 2.44. The van der Waals surface area contributed by atoms with Crippen molar-refractivity contribution in [1.29, 1.82) is 0 Å². The van der Waals surface area contributed by atoms with E-state index in [1.807, 2.05) is 0 Å². The molecular formula is C14H19NO5. The summed E-state index contributed by atoms with van der Waals surface area (Å²) >= 11 is 0. The summed E-state index contributed by atoms with van der Waals surface area (Å²) in [6.45, 7) is 6.94. The van der Waals surface area contributed by atoms with Crippen LogP contribution >= 0.6 is 0 Å². The summed E-state index contributed by atoms with van der Waals surface area (Å²) in [6.07, 6.45) is -1.80. The Bertz CT molecular complexity index is 498. The first-order valence-electron chi connectivity index (χ1n) is 6.51. The Morgan fingerprint density at radius 2 is 2.15 bits per heavy atom. The van der Waals surface area contributed by atoms with Crippen LogP contribution in [-0.4, -0.2) is 52.5 Å². The van der Waals surface area contributed by atoms with Crippen molar-refractivity contribution < 1.29 is 24.2 Å². The van der Waals surface area contributed by atoms with Gasteiger partial charge < -0.3 is 14.6 Å². The number of likely N-dealkylation sites (tertiary alicyclic amines) is 1. The van der Waals surface area contributed by atoms with Crippen LogP contribution in [0.15, 0.2) is 0 Å². The molecule has 2 rings (SSSR count). The second kappa shape index (κ2) is 4.76. The number of β-lactam (4-membered cyclic amide) rings is 1. The molecule has 6 nitrogen and oxygen atoms in total. The maximum atomic E-state index is 12.2. The number of carbonyl (C=O) groups excluding carboxylic acids is 2. The zero-order chi connectivity index (χ0) is 15.1. The summed E-state index contributed by atoms with van der Waals surface area (Å²) in [5.74, 6) is 4.47. The van der Waals surface area contributed by atoms with E-state index < -0.39 is 35.2 Å². The number of rotatable bonds is 0. The number of carbonyl (C=O) groups is 2. The van der Waals surface area contributed by atoms with Crippen LogP contribution in [0, 0.1) is 17.8 Å². The lowest BCUT2D eigenvalue weighted by atomic mass is 9.69. The molecule has 2 amide bonds. The Morgan fingerprint density at radius 3 is 2.70 bits per heavy atom. The van der Waals surface area contributed by atoms with Crippen LogP contribution in [0.1, 0.15) is 27.7 Å². The van der Waals surface area contributed by atoms with Gasteiger partial charge in [-0.2, -0.15) is 0 Å². The molecule has 0 aromatic rings. The molecule has 1 N–H and O–H groups in total. The summed E-state index contributed by atoms with van der Waals surface area (Å²) in [5, 5.41) is 10.2. The first-order valence-corrected chi connectivity index (χ1v) is 6.51. The maximum Gasteiger partial charge on any atom is 0.418 e. The number of aliphatic hydroxyl groups excluding tert-OH is 1. The highest BCUT2D eigenvalue weighted by atomic mass is 16.6. The number of amides is 2. The molecule has 2 aliphatic heterocycles. The van der Waals surface area contributed by atoms with E-state index in [4.69, 9.17) is 9.47 Å². The van der Waals surface area contributed by atoms with E-state index in [0.29, 0.717) is 0 Å². The molecule has 0 bridgehead atoms. The first kappa shape index (κ1) is 14.8. The fraction of sp³-hybridized carbons (Fsp3) is 0.714. The van der Waals surface area contributed by atoms with Gasteiger partial charge >= 0.3 is 6.09 Å². The normalized spacial score (nSPS) is 32.6. The van der Waals surface area contributed by atoms with Crippen LogP contribution in [0.4, 0.5) is 4.79 Å². The summed E-state index contributed by atoms with van der Waals surface area (Å²) in [7, 11) is 0. The molecule has 2 saturated heterocycles. The highest BCUT2D eigenvalue weighted by Gasteiger charge is 2.68. The molecule has 0 aromatic heterocycles. The van der Waals surface area contributed by atoms with Gasteiger partial charge in [0, 0.05) is 0 Å². The average molecular weight is 281 g/mol. The van der Waals surface area contributed by atoms with Crippen molar-refractivity contribution in [2.24, 2.45) is 5.92 Å². The van der Waals surface area contributed by atoms with E-state index in [1.54, 1.807) is 27.7 Å². The van der Waals surface area contributed by atoms with Gasteiger partial charge in [0.15, 0.2) is 5.54 Å². The third kappa shape index (κ3) is 2.07. The Balaban J connectivity index is 2.34. The van der Waals surface area contributed by atoms with Gasteiger partial charge in [-0.3, -0.25) is 4.79 Å². The molecule has 20 heavy (non-hydrogen) atoms. The lowest BCUT2D eigenvalue weighted by Gasteiger charge is -2.56. The van der Waals surface area contributed by atoms with Gasteiger partial charge in [0.1, 0.15) is 11.7 Å². The standard InChI is InChI=1S/C14H19NO5/c1-5-6-14-9(7-19-8-10(14)16)11(17)15(14)12(18)20-13(2,3)4/h9-10,16H,7-8H2,1-4H3/t9-,10+,14+/m0/s1. The number of hydrogen-bond donors (Lipinski definition) is 1. The second-order valence-electron chi connectivity index (χ2n) is 5.96. The van der Waals surface area contributed by atoms with Crippen LogP contribution in [-0.2, 0) is 14.3 Å². The van der Waals surface area contributed by atoms with Crippen LogP contribution in [0.2, 0.25) is 0 Å². The zero-order valence-corrected chi connectivity index (χ0v) is 12.1. The third-order valence-corrected chi connectivity index (χ3v) is 3.39. The number of fused-ring (bicyclic) bond motifs is 1. The number of aliphatic hydroxyl groups is 1. The minimum absolute atomic E-state index is 0.0394. The topological polar surface area (TPSA) is 76.1 Å². The van der Waals surface area contributed by atoms with Gasteiger partial charge in [-0.25, -0.2) is 9.69 Å².